The quantitative estimate of drug-likeness (QED) is 0.624. The van der Waals surface area contributed by atoms with Gasteiger partial charge in [0.05, 0.1) is 15.5 Å². The van der Waals surface area contributed by atoms with Gasteiger partial charge in [0.15, 0.2) is 0 Å². The molecule has 2 aromatic carbocycles. The molecule has 0 unspecified atom stereocenters. The third kappa shape index (κ3) is 5.20. The van der Waals surface area contributed by atoms with Crippen molar-refractivity contribution in [3.8, 4) is 0 Å². The summed E-state index contributed by atoms with van der Waals surface area (Å²) in [5, 5.41) is 0. The van der Waals surface area contributed by atoms with E-state index in [1.54, 1.807) is 42.5 Å². The molecule has 0 heterocycles. The minimum atomic E-state index is -3.98. The number of nitrogens with one attached hydrogen (secondary N) is 2. The van der Waals surface area contributed by atoms with Crippen LogP contribution in [0.3, 0.4) is 0 Å². The van der Waals surface area contributed by atoms with Crippen LogP contribution in [-0.4, -0.2) is 16.8 Å². The van der Waals surface area contributed by atoms with Crippen molar-refractivity contribution < 1.29 is 25.4 Å². The topological polar surface area (TPSA) is 111 Å². The predicted molar refractivity (Wildman–Crippen MR) is 101 cm³/mol. The van der Waals surface area contributed by atoms with E-state index in [4.69, 9.17) is 8.57 Å². The second-order valence-corrected chi connectivity index (χ2v) is 8.87. The lowest BCUT2D eigenvalue weighted by atomic mass is 10.1. The van der Waals surface area contributed by atoms with E-state index in [0.717, 1.165) is 0 Å². The highest BCUT2D eigenvalue weighted by atomic mass is 32.2. The van der Waals surface area contributed by atoms with Crippen LogP contribution in [-0.2, 0) is 28.8 Å². The molecule has 3 rings (SSSR count). The van der Waals surface area contributed by atoms with Gasteiger partial charge in [-0.2, -0.15) is 16.8 Å². The minimum Gasteiger partial charge on any atom is -0.253 e. The fourth-order valence-corrected chi connectivity index (χ4v) is 3.93. The van der Waals surface area contributed by atoms with Gasteiger partial charge in [-0.3, -0.25) is 5.48 Å². The first kappa shape index (κ1) is 20.1. The fraction of sp³-hybridized carbons (Fsp3) is 0.111. The Hall–Kier alpha value is -2.66. The van der Waals surface area contributed by atoms with Crippen molar-refractivity contribution in [1.82, 2.24) is 11.0 Å². The number of rotatable bonds is 8. The van der Waals surface area contributed by atoms with Crippen molar-refractivity contribution in [2.45, 2.75) is 22.6 Å². The first-order valence-corrected chi connectivity index (χ1v) is 11.1. The van der Waals surface area contributed by atoms with Crippen LogP contribution in [0.15, 0.2) is 94.0 Å². The van der Waals surface area contributed by atoms with Gasteiger partial charge in [0.2, 0.25) is 0 Å². The molecule has 28 heavy (non-hydrogen) atoms. The van der Waals surface area contributed by atoms with E-state index >= 15 is 0 Å². The van der Waals surface area contributed by atoms with Crippen molar-refractivity contribution in [2.75, 3.05) is 0 Å². The van der Waals surface area contributed by atoms with Crippen molar-refractivity contribution in [1.29, 1.82) is 0 Å². The lowest BCUT2D eigenvalue weighted by molar-refractivity contribution is 0.226. The van der Waals surface area contributed by atoms with Crippen LogP contribution in [0.5, 0.6) is 0 Å². The normalized spacial score (nSPS) is 14.7. The second-order valence-electron chi connectivity index (χ2n) is 5.77. The summed E-state index contributed by atoms with van der Waals surface area (Å²) >= 11 is 0. The largest absolute Gasteiger partial charge is 0.317 e. The maximum absolute atomic E-state index is 12.1. The monoisotopic (exact) mass is 422 g/mol. The van der Waals surface area contributed by atoms with Crippen molar-refractivity contribution in [3.63, 3.8) is 0 Å². The lowest BCUT2D eigenvalue weighted by Gasteiger charge is -2.16. The molecule has 0 aromatic heterocycles. The number of hydrogen-bond acceptors (Lipinski definition) is 8. The van der Waals surface area contributed by atoms with Crippen molar-refractivity contribution in [2.24, 2.45) is 0 Å². The van der Waals surface area contributed by atoms with Gasteiger partial charge in [-0.25, -0.2) is 5.48 Å². The van der Waals surface area contributed by atoms with Crippen molar-refractivity contribution in [3.05, 3.63) is 84.2 Å². The zero-order chi connectivity index (χ0) is 20.0. The Morgan fingerprint density at radius 1 is 0.714 bits per heavy atom. The van der Waals surface area contributed by atoms with E-state index < -0.39 is 20.2 Å². The van der Waals surface area contributed by atoms with Crippen LogP contribution >= 0.6 is 0 Å². The van der Waals surface area contributed by atoms with E-state index in [1.165, 1.54) is 30.3 Å². The molecule has 2 N–H and O–H groups in total. The Bertz CT molecular complexity index is 1080. The molecule has 10 heteroatoms. The van der Waals surface area contributed by atoms with Gasteiger partial charge in [-0.05, 0) is 43.2 Å². The SMILES string of the molecule is O=S(=O)(ONC1=CCCC(NOS(=O)(=O)c2ccccc2)=C1)c1ccccc1. The summed E-state index contributed by atoms with van der Waals surface area (Å²) in [6.45, 7) is 0. The smallest absolute Gasteiger partial charge is 0.253 e. The first-order valence-electron chi connectivity index (χ1n) is 8.27. The molecular weight excluding hydrogens is 404 g/mol. The average molecular weight is 422 g/mol. The molecule has 1 aliphatic rings. The summed E-state index contributed by atoms with van der Waals surface area (Å²) in [5.74, 6) is 0. The summed E-state index contributed by atoms with van der Waals surface area (Å²) < 4.78 is 58.2. The Morgan fingerprint density at radius 3 is 1.75 bits per heavy atom. The molecule has 8 nitrogen and oxygen atoms in total. The van der Waals surface area contributed by atoms with E-state index in [1.807, 2.05) is 0 Å². The lowest BCUT2D eigenvalue weighted by Crippen LogP contribution is -2.24. The molecule has 2 aromatic rings. The van der Waals surface area contributed by atoms with Crippen LogP contribution in [0.1, 0.15) is 12.8 Å². The molecule has 1 aliphatic carbocycles. The van der Waals surface area contributed by atoms with Gasteiger partial charge < -0.3 is 0 Å². The number of hydroxylamine groups is 2. The molecule has 0 amide bonds. The summed E-state index contributed by atoms with van der Waals surface area (Å²) in [7, 11) is -7.95. The summed E-state index contributed by atoms with van der Waals surface area (Å²) in [6, 6.07) is 15.4. The van der Waals surface area contributed by atoms with Gasteiger partial charge >= 0.3 is 20.2 Å². The molecular formula is C18H18N2O6S2. The van der Waals surface area contributed by atoms with Crippen molar-refractivity contribution >= 4 is 20.2 Å². The first-order chi connectivity index (χ1) is 13.4. The van der Waals surface area contributed by atoms with Gasteiger partial charge in [0, 0.05) is 5.70 Å². The standard InChI is InChI=1S/C18H18N2O6S2/c21-27(22,17-10-3-1-4-11-17)25-19-15-8-7-9-16(14-15)20-26-28(23,24)18-12-5-2-6-13-18/h1-6,8,10-14,19-20H,7,9H2. The van der Waals surface area contributed by atoms with Gasteiger partial charge in [0.25, 0.3) is 0 Å². The van der Waals surface area contributed by atoms with E-state index in [9.17, 15) is 16.8 Å². The molecule has 0 aliphatic heterocycles. The predicted octanol–water partition coefficient (Wildman–Crippen LogP) is 2.37. The molecule has 0 saturated carbocycles. The van der Waals surface area contributed by atoms with Gasteiger partial charge in [-0.15, -0.1) is 8.57 Å². The van der Waals surface area contributed by atoms with Gasteiger partial charge in [-0.1, -0.05) is 42.5 Å². The Kier molecular flexibility index (Phi) is 6.15. The van der Waals surface area contributed by atoms with Crippen LogP contribution < -0.4 is 11.0 Å². The second kappa shape index (κ2) is 8.57. The average Bonchev–Trinajstić information content (AvgIpc) is 2.73. The third-order valence-electron chi connectivity index (χ3n) is 3.72. The molecule has 0 fully saturated rings. The summed E-state index contributed by atoms with van der Waals surface area (Å²) in [6.07, 6.45) is 4.24. The number of hydrogen-bond donors (Lipinski definition) is 2. The zero-order valence-corrected chi connectivity index (χ0v) is 16.2. The highest BCUT2D eigenvalue weighted by Gasteiger charge is 2.18. The van der Waals surface area contributed by atoms with E-state index in [-0.39, 0.29) is 9.79 Å². The summed E-state index contributed by atoms with van der Waals surface area (Å²) in [4.78, 5) is 0.0311. The minimum absolute atomic E-state index is 0.0125. The highest BCUT2D eigenvalue weighted by Crippen LogP contribution is 2.17. The maximum Gasteiger partial charge on any atom is 0.317 e. The molecule has 0 atom stereocenters. The van der Waals surface area contributed by atoms with E-state index in [0.29, 0.717) is 24.2 Å². The van der Waals surface area contributed by atoms with Crippen LogP contribution in [0.25, 0.3) is 0 Å². The molecule has 0 saturated heterocycles. The fourth-order valence-electron chi connectivity index (χ4n) is 2.34. The molecule has 0 radical (unpaired) electrons. The molecule has 148 valence electrons. The third-order valence-corrected chi connectivity index (χ3v) is 6.03. The van der Waals surface area contributed by atoms with Crippen LogP contribution in [0.2, 0.25) is 0 Å². The number of allylic oxidation sites excluding steroid dienone is 3. The van der Waals surface area contributed by atoms with Crippen LogP contribution in [0, 0.1) is 0 Å². The Morgan fingerprint density at radius 2 is 1.21 bits per heavy atom. The molecule has 0 spiro atoms. The number of benzene rings is 2. The molecule has 0 bridgehead atoms. The van der Waals surface area contributed by atoms with Gasteiger partial charge in [0.1, 0.15) is 0 Å². The van der Waals surface area contributed by atoms with Crippen LogP contribution in [0.4, 0.5) is 0 Å². The Balaban J connectivity index is 1.60. The van der Waals surface area contributed by atoms with E-state index in [2.05, 4.69) is 11.0 Å². The zero-order valence-electron chi connectivity index (χ0n) is 14.6. The Labute approximate surface area is 163 Å². The maximum atomic E-state index is 12.1. The highest BCUT2D eigenvalue weighted by molar-refractivity contribution is 7.87. The summed E-state index contributed by atoms with van der Waals surface area (Å²) in [5.41, 5.74) is 5.58.